The van der Waals surface area contributed by atoms with Gasteiger partial charge in [-0.3, -0.25) is 9.59 Å². The number of carboxylic acids is 1. The summed E-state index contributed by atoms with van der Waals surface area (Å²) in [6, 6.07) is 8.63. The molecule has 7 heteroatoms. The fourth-order valence-corrected chi connectivity index (χ4v) is 1.88. The second-order valence-corrected chi connectivity index (χ2v) is 5.01. The van der Waals surface area contributed by atoms with Crippen molar-refractivity contribution in [2.24, 2.45) is 0 Å². The number of hydrogen-bond donors (Lipinski definition) is 3. The third-order valence-electron chi connectivity index (χ3n) is 3.17. The zero-order valence-electron chi connectivity index (χ0n) is 13.5. The highest BCUT2D eigenvalue weighted by atomic mass is 16.5. The first-order valence-corrected chi connectivity index (χ1v) is 7.57. The van der Waals surface area contributed by atoms with Gasteiger partial charge in [-0.15, -0.1) is 0 Å². The highest BCUT2D eigenvalue weighted by molar-refractivity contribution is 6.06. The number of carbonyl (C=O) groups is 2. The molecule has 0 radical (unpaired) electrons. The van der Waals surface area contributed by atoms with E-state index < -0.39 is 11.9 Å². The number of benzene rings is 1. The van der Waals surface area contributed by atoms with Crippen molar-refractivity contribution >= 4 is 17.6 Å². The first-order valence-electron chi connectivity index (χ1n) is 7.57. The Morgan fingerprint density at radius 3 is 2.54 bits per heavy atom. The van der Waals surface area contributed by atoms with Gasteiger partial charge in [0, 0.05) is 24.9 Å². The molecule has 0 spiro atoms. The number of nitriles is 1. The van der Waals surface area contributed by atoms with Crippen LogP contribution in [0.3, 0.4) is 0 Å². The van der Waals surface area contributed by atoms with Gasteiger partial charge in [-0.2, -0.15) is 5.26 Å². The van der Waals surface area contributed by atoms with Crippen LogP contribution in [-0.2, 0) is 9.59 Å². The van der Waals surface area contributed by atoms with Gasteiger partial charge in [-0.25, -0.2) is 0 Å². The van der Waals surface area contributed by atoms with Crippen molar-refractivity contribution in [3.8, 4) is 11.8 Å². The number of nitrogens with zero attached hydrogens (tertiary/aromatic N) is 1. The van der Waals surface area contributed by atoms with Gasteiger partial charge in [0.2, 0.25) is 0 Å². The monoisotopic (exact) mass is 331 g/mol. The molecule has 0 bridgehead atoms. The number of unbranched alkanes of at least 4 members (excludes halogenated alkanes) is 2. The minimum atomic E-state index is -0.801. The minimum absolute atomic E-state index is 0.0312. The molecule has 0 atom stereocenters. The molecular formula is C17H21N3O4. The van der Waals surface area contributed by atoms with Crippen LogP contribution in [0, 0.1) is 11.3 Å². The molecule has 0 saturated carbocycles. The van der Waals surface area contributed by atoms with Crippen LogP contribution in [0.15, 0.2) is 36.0 Å². The first kappa shape index (κ1) is 19.0. The van der Waals surface area contributed by atoms with Crippen LogP contribution in [-0.4, -0.2) is 30.6 Å². The fourth-order valence-electron chi connectivity index (χ4n) is 1.88. The summed E-state index contributed by atoms with van der Waals surface area (Å²) in [5.74, 6) is -0.625. The molecule has 0 fully saturated rings. The molecule has 0 aliphatic heterocycles. The highest BCUT2D eigenvalue weighted by Crippen LogP contribution is 2.15. The van der Waals surface area contributed by atoms with Gasteiger partial charge in [0.25, 0.3) is 5.91 Å². The van der Waals surface area contributed by atoms with Gasteiger partial charge >= 0.3 is 5.97 Å². The van der Waals surface area contributed by atoms with Crippen molar-refractivity contribution in [2.45, 2.75) is 25.7 Å². The summed E-state index contributed by atoms with van der Waals surface area (Å²) in [4.78, 5) is 22.4. The molecule has 0 heterocycles. The highest BCUT2D eigenvalue weighted by Gasteiger charge is 2.09. The predicted molar refractivity (Wildman–Crippen MR) is 89.4 cm³/mol. The summed E-state index contributed by atoms with van der Waals surface area (Å²) >= 11 is 0. The van der Waals surface area contributed by atoms with E-state index in [1.165, 1.54) is 6.20 Å². The molecule has 128 valence electrons. The van der Waals surface area contributed by atoms with Gasteiger partial charge in [-0.1, -0.05) is 6.42 Å². The molecule has 0 aliphatic rings. The number of nitrogens with one attached hydrogen (secondary N) is 2. The van der Waals surface area contributed by atoms with Crippen molar-refractivity contribution in [1.82, 2.24) is 5.32 Å². The molecule has 1 amide bonds. The standard InChI is InChI=1S/C17H21N3O4/c1-24-15-8-6-14(7-9-15)20-17(23)13(11-18)12-19-10-4-2-3-5-16(21)22/h6-9,12,19H,2-5,10H2,1H3,(H,20,23)(H,21,22)/b13-12-. The van der Waals surface area contributed by atoms with E-state index in [-0.39, 0.29) is 12.0 Å². The van der Waals surface area contributed by atoms with Crippen LogP contribution in [0.1, 0.15) is 25.7 Å². The topological polar surface area (TPSA) is 111 Å². The Labute approximate surface area is 140 Å². The zero-order valence-corrected chi connectivity index (χ0v) is 13.5. The molecule has 1 rings (SSSR count). The average molecular weight is 331 g/mol. The third-order valence-corrected chi connectivity index (χ3v) is 3.17. The number of aliphatic carboxylic acids is 1. The molecule has 1 aromatic carbocycles. The van der Waals surface area contributed by atoms with Gasteiger partial charge in [0.15, 0.2) is 0 Å². The molecule has 0 aromatic heterocycles. The summed E-state index contributed by atoms with van der Waals surface area (Å²) in [6.07, 6.45) is 3.68. The normalized spacial score (nSPS) is 10.6. The summed E-state index contributed by atoms with van der Waals surface area (Å²) in [5.41, 5.74) is 0.534. The van der Waals surface area contributed by atoms with Crippen LogP contribution in [0.2, 0.25) is 0 Å². The van der Waals surface area contributed by atoms with Crippen molar-refractivity contribution in [3.05, 3.63) is 36.0 Å². The van der Waals surface area contributed by atoms with Crippen molar-refractivity contribution in [1.29, 1.82) is 5.26 Å². The average Bonchev–Trinajstić information content (AvgIpc) is 2.57. The predicted octanol–water partition coefficient (Wildman–Crippen LogP) is 2.28. The lowest BCUT2D eigenvalue weighted by atomic mass is 10.2. The van der Waals surface area contributed by atoms with Crippen LogP contribution >= 0.6 is 0 Å². The van der Waals surface area contributed by atoms with E-state index in [4.69, 9.17) is 15.1 Å². The number of amides is 1. The maximum absolute atomic E-state index is 12.0. The first-order chi connectivity index (χ1) is 11.6. The van der Waals surface area contributed by atoms with E-state index in [2.05, 4.69) is 10.6 Å². The SMILES string of the molecule is COc1ccc(NC(=O)/C(C#N)=C\NCCCCCC(=O)O)cc1. The quantitative estimate of drug-likeness (QED) is 0.344. The molecule has 7 nitrogen and oxygen atoms in total. The number of ether oxygens (including phenoxy) is 1. The number of rotatable bonds is 10. The largest absolute Gasteiger partial charge is 0.497 e. The number of methoxy groups -OCH3 is 1. The Bertz CT molecular complexity index is 618. The second kappa shape index (κ2) is 10.7. The third kappa shape index (κ3) is 7.31. The van der Waals surface area contributed by atoms with Gasteiger partial charge in [-0.05, 0) is 37.1 Å². The lowest BCUT2D eigenvalue weighted by Gasteiger charge is -2.06. The Morgan fingerprint density at radius 2 is 1.96 bits per heavy atom. The van der Waals surface area contributed by atoms with Crippen LogP contribution in [0.4, 0.5) is 5.69 Å². The summed E-state index contributed by atoms with van der Waals surface area (Å²) < 4.78 is 5.03. The molecule has 3 N–H and O–H groups in total. The lowest BCUT2D eigenvalue weighted by Crippen LogP contribution is -2.17. The van der Waals surface area contributed by atoms with Crippen molar-refractivity contribution < 1.29 is 19.4 Å². The van der Waals surface area contributed by atoms with E-state index in [9.17, 15) is 9.59 Å². The second-order valence-electron chi connectivity index (χ2n) is 5.01. The van der Waals surface area contributed by atoms with E-state index in [0.717, 1.165) is 12.8 Å². The van der Waals surface area contributed by atoms with Crippen LogP contribution < -0.4 is 15.4 Å². The summed E-state index contributed by atoms with van der Waals surface area (Å²) in [5, 5.41) is 23.1. The van der Waals surface area contributed by atoms with E-state index in [1.807, 2.05) is 6.07 Å². The molecule has 0 saturated heterocycles. The van der Waals surface area contributed by atoms with E-state index >= 15 is 0 Å². The zero-order chi connectivity index (χ0) is 17.8. The minimum Gasteiger partial charge on any atom is -0.497 e. The van der Waals surface area contributed by atoms with Crippen LogP contribution in [0.25, 0.3) is 0 Å². The van der Waals surface area contributed by atoms with Crippen molar-refractivity contribution in [2.75, 3.05) is 19.0 Å². The Kier molecular flexibility index (Phi) is 8.47. The molecular weight excluding hydrogens is 310 g/mol. The number of hydrogen-bond acceptors (Lipinski definition) is 5. The Morgan fingerprint density at radius 1 is 1.25 bits per heavy atom. The smallest absolute Gasteiger partial charge is 0.303 e. The van der Waals surface area contributed by atoms with Gasteiger partial charge in [0.1, 0.15) is 17.4 Å². The van der Waals surface area contributed by atoms with Gasteiger partial charge < -0.3 is 20.5 Å². The number of anilines is 1. The van der Waals surface area contributed by atoms with E-state index in [1.54, 1.807) is 31.4 Å². The summed E-state index contributed by atoms with van der Waals surface area (Å²) in [6.45, 7) is 0.570. The molecule has 24 heavy (non-hydrogen) atoms. The molecule has 1 aromatic rings. The number of carboxylic acid groups (broad SMARTS) is 1. The van der Waals surface area contributed by atoms with Gasteiger partial charge in [0.05, 0.1) is 7.11 Å². The summed E-state index contributed by atoms with van der Waals surface area (Å²) in [7, 11) is 1.55. The van der Waals surface area contributed by atoms with E-state index in [0.29, 0.717) is 24.4 Å². The Balaban J connectivity index is 2.39. The maximum atomic E-state index is 12.0. The van der Waals surface area contributed by atoms with Crippen LogP contribution in [0.5, 0.6) is 5.75 Å². The number of carbonyl (C=O) groups excluding carboxylic acids is 1. The molecule has 0 aliphatic carbocycles. The lowest BCUT2D eigenvalue weighted by molar-refractivity contribution is -0.137. The fraction of sp³-hybridized carbons (Fsp3) is 0.353. The Hall–Kier alpha value is -3.01. The van der Waals surface area contributed by atoms with Crippen molar-refractivity contribution in [3.63, 3.8) is 0 Å². The molecule has 0 unspecified atom stereocenters. The maximum Gasteiger partial charge on any atom is 0.303 e.